The monoisotopic (exact) mass is 424 g/mol. The maximum atomic E-state index is 13.5. The van der Waals surface area contributed by atoms with Crippen LogP contribution in [0.25, 0.3) is 0 Å². The van der Waals surface area contributed by atoms with Gasteiger partial charge in [-0.15, -0.1) is 0 Å². The zero-order valence-corrected chi connectivity index (χ0v) is 16.6. The van der Waals surface area contributed by atoms with E-state index >= 15 is 0 Å². The van der Waals surface area contributed by atoms with Crippen molar-refractivity contribution >= 4 is 17.3 Å². The lowest BCUT2D eigenvalue weighted by Gasteiger charge is -2.41. The second kappa shape index (κ2) is 7.67. The van der Waals surface area contributed by atoms with E-state index in [0.29, 0.717) is 25.2 Å². The Labute approximate surface area is 176 Å². The molecule has 160 valence electrons. The van der Waals surface area contributed by atoms with Crippen LogP contribution in [0.4, 0.5) is 5.69 Å². The van der Waals surface area contributed by atoms with Crippen LogP contribution in [0.1, 0.15) is 28.4 Å². The summed E-state index contributed by atoms with van der Waals surface area (Å²) in [5.74, 6) is -2.68. The minimum atomic E-state index is -1.19. The Balaban J connectivity index is 1.96. The van der Waals surface area contributed by atoms with Gasteiger partial charge < -0.3 is 14.8 Å². The lowest BCUT2D eigenvalue weighted by atomic mass is 9.76. The molecular formula is C20H20N6O5. The van der Waals surface area contributed by atoms with Crippen LogP contribution in [-0.2, 0) is 7.05 Å². The van der Waals surface area contributed by atoms with Gasteiger partial charge in [-0.3, -0.25) is 30.4 Å². The van der Waals surface area contributed by atoms with Crippen LogP contribution in [0.2, 0.25) is 0 Å². The number of aromatic nitrogens is 1. The van der Waals surface area contributed by atoms with Crippen molar-refractivity contribution in [2.24, 2.45) is 13.0 Å². The molecule has 1 saturated heterocycles. The summed E-state index contributed by atoms with van der Waals surface area (Å²) in [6.45, 7) is 0.867. The summed E-state index contributed by atoms with van der Waals surface area (Å²) in [6, 6.07) is 8.77. The molecule has 2 unspecified atom stereocenters. The van der Waals surface area contributed by atoms with Crippen molar-refractivity contribution in [3.8, 4) is 0 Å². The normalized spacial score (nSPS) is 20.8. The standard InChI is InChI=1S/C20H20N6O5/c1-23-9-3-7-14(23)18(27)16-15(12-5-2-6-13(11-12)25(28)29)17(26(30)31)20-22-8-4-10-24(20)19(16)21/h2-3,5-7,9,11,15-16,21-22H,4,8,10H2,1H3. The molecule has 0 bridgehead atoms. The van der Waals surface area contributed by atoms with Gasteiger partial charge in [-0.05, 0) is 24.1 Å². The van der Waals surface area contributed by atoms with E-state index in [1.807, 2.05) is 0 Å². The summed E-state index contributed by atoms with van der Waals surface area (Å²) >= 11 is 0. The van der Waals surface area contributed by atoms with Gasteiger partial charge in [0.1, 0.15) is 5.84 Å². The first kappa shape index (κ1) is 20.3. The summed E-state index contributed by atoms with van der Waals surface area (Å²) in [5, 5.41) is 35.3. The van der Waals surface area contributed by atoms with Crippen molar-refractivity contribution in [3.05, 3.63) is 85.6 Å². The number of non-ortho nitro benzene ring substituents is 1. The molecule has 0 spiro atoms. The van der Waals surface area contributed by atoms with Crippen molar-refractivity contribution in [1.82, 2.24) is 14.8 Å². The first-order chi connectivity index (χ1) is 14.8. The van der Waals surface area contributed by atoms with Crippen molar-refractivity contribution in [2.45, 2.75) is 12.3 Å². The Morgan fingerprint density at radius 2 is 1.97 bits per heavy atom. The van der Waals surface area contributed by atoms with Gasteiger partial charge in [0.05, 0.1) is 27.4 Å². The van der Waals surface area contributed by atoms with Gasteiger partial charge >= 0.3 is 0 Å². The lowest BCUT2D eigenvalue weighted by Crippen LogP contribution is -2.54. The molecule has 11 nitrogen and oxygen atoms in total. The minimum absolute atomic E-state index is 0.0597. The number of Topliss-reactive ketones (excluding diaryl/α,β-unsaturated/α-hetero) is 1. The number of nitrogens with zero attached hydrogens (tertiary/aromatic N) is 4. The molecule has 2 aliphatic rings. The second-order valence-corrected chi connectivity index (χ2v) is 7.48. The fourth-order valence-corrected chi connectivity index (χ4v) is 4.29. The molecule has 3 heterocycles. The zero-order valence-electron chi connectivity index (χ0n) is 16.6. The highest BCUT2D eigenvalue weighted by Crippen LogP contribution is 2.43. The van der Waals surface area contributed by atoms with Crippen LogP contribution in [0.5, 0.6) is 0 Å². The predicted octanol–water partition coefficient (Wildman–Crippen LogP) is 2.25. The molecular weight excluding hydrogens is 404 g/mol. The second-order valence-electron chi connectivity index (χ2n) is 7.48. The summed E-state index contributed by atoms with van der Waals surface area (Å²) in [6.07, 6.45) is 2.34. The number of ketones is 1. The van der Waals surface area contributed by atoms with E-state index < -0.39 is 27.5 Å². The number of carbonyl (C=O) groups excluding carboxylic acids is 1. The number of hydrogen-bond donors (Lipinski definition) is 2. The van der Waals surface area contributed by atoms with Crippen LogP contribution >= 0.6 is 0 Å². The molecule has 4 rings (SSSR count). The fourth-order valence-electron chi connectivity index (χ4n) is 4.29. The van der Waals surface area contributed by atoms with Gasteiger partial charge in [0.2, 0.25) is 0 Å². The van der Waals surface area contributed by atoms with E-state index in [1.54, 1.807) is 29.9 Å². The first-order valence-corrected chi connectivity index (χ1v) is 9.69. The van der Waals surface area contributed by atoms with Crippen LogP contribution in [0.3, 0.4) is 0 Å². The number of rotatable bonds is 5. The topological polar surface area (TPSA) is 147 Å². The number of fused-ring (bicyclic) bond motifs is 1. The zero-order chi connectivity index (χ0) is 22.3. The van der Waals surface area contributed by atoms with Gasteiger partial charge in [-0.25, -0.2) is 0 Å². The van der Waals surface area contributed by atoms with Crippen molar-refractivity contribution in [2.75, 3.05) is 13.1 Å². The molecule has 1 aromatic heterocycles. The minimum Gasteiger partial charge on any atom is -0.366 e. The maximum absolute atomic E-state index is 13.5. The Kier molecular flexibility index (Phi) is 5.01. The Morgan fingerprint density at radius 3 is 2.61 bits per heavy atom. The van der Waals surface area contributed by atoms with Crippen LogP contribution in [-0.4, -0.2) is 44.0 Å². The Hall–Kier alpha value is -4.02. The van der Waals surface area contributed by atoms with E-state index in [0.717, 1.165) is 0 Å². The third-order valence-electron chi connectivity index (χ3n) is 5.69. The molecule has 1 aromatic carbocycles. The summed E-state index contributed by atoms with van der Waals surface area (Å²) in [4.78, 5) is 37.4. The third-order valence-corrected chi connectivity index (χ3v) is 5.69. The number of carbonyl (C=O) groups is 1. The average Bonchev–Trinajstić information content (AvgIpc) is 3.18. The quantitative estimate of drug-likeness (QED) is 0.425. The number of aryl methyl sites for hydroxylation is 1. The molecule has 11 heteroatoms. The average molecular weight is 424 g/mol. The number of benzene rings is 1. The van der Waals surface area contributed by atoms with E-state index in [9.17, 15) is 25.0 Å². The SMILES string of the molecule is Cn1cccc1C(=O)C1C(=N)N2CCCNC2=C([N+](=O)[O-])C1c1cccc([N+](=O)[O-])c1. The number of amidine groups is 1. The number of allylic oxidation sites excluding steroid dienone is 1. The largest absolute Gasteiger partial charge is 0.366 e. The van der Waals surface area contributed by atoms with Crippen molar-refractivity contribution < 1.29 is 14.6 Å². The number of nitrogens with one attached hydrogen (secondary N) is 2. The third kappa shape index (κ3) is 3.33. The van der Waals surface area contributed by atoms with Crippen molar-refractivity contribution in [1.29, 1.82) is 5.41 Å². The van der Waals surface area contributed by atoms with E-state index in [1.165, 1.54) is 29.2 Å². The molecule has 2 aliphatic heterocycles. The molecule has 2 N–H and O–H groups in total. The summed E-state index contributed by atoms with van der Waals surface area (Å²) in [7, 11) is 1.68. The smallest absolute Gasteiger partial charge is 0.294 e. The molecule has 0 amide bonds. The Morgan fingerprint density at radius 1 is 1.19 bits per heavy atom. The maximum Gasteiger partial charge on any atom is 0.294 e. The lowest BCUT2D eigenvalue weighted by molar-refractivity contribution is -0.434. The highest BCUT2D eigenvalue weighted by atomic mass is 16.6. The molecule has 31 heavy (non-hydrogen) atoms. The molecule has 0 aliphatic carbocycles. The molecule has 0 saturated carbocycles. The molecule has 1 fully saturated rings. The van der Waals surface area contributed by atoms with Gasteiger partial charge in [-0.1, -0.05) is 12.1 Å². The molecule has 2 atom stereocenters. The number of nitro benzene ring substituents is 1. The highest BCUT2D eigenvalue weighted by Gasteiger charge is 2.51. The van der Waals surface area contributed by atoms with Gasteiger partial charge in [0.25, 0.3) is 11.4 Å². The molecule has 0 radical (unpaired) electrons. The number of hydrogen-bond acceptors (Lipinski definition) is 7. The van der Waals surface area contributed by atoms with E-state index in [2.05, 4.69) is 5.32 Å². The Bertz CT molecular complexity index is 1140. The number of nitro groups is 2. The predicted molar refractivity (Wildman–Crippen MR) is 110 cm³/mol. The highest BCUT2D eigenvalue weighted by molar-refractivity contribution is 6.12. The first-order valence-electron chi connectivity index (χ1n) is 9.69. The molecule has 2 aromatic rings. The van der Waals surface area contributed by atoms with Crippen LogP contribution in [0.15, 0.2) is 54.1 Å². The van der Waals surface area contributed by atoms with Gasteiger partial charge in [0, 0.05) is 38.5 Å². The summed E-state index contributed by atoms with van der Waals surface area (Å²) < 4.78 is 1.60. The van der Waals surface area contributed by atoms with Gasteiger partial charge in [0.15, 0.2) is 11.6 Å². The van der Waals surface area contributed by atoms with E-state index in [4.69, 9.17) is 5.41 Å². The van der Waals surface area contributed by atoms with Crippen molar-refractivity contribution in [3.63, 3.8) is 0 Å². The van der Waals surface area contributed by atoms with Crippen LogP contribution in [0, 0.1) is 31.6 Å². The van der Waals surface area contributed by atoms with Crippen LogP contribution < -0.4 is 5.32 Å². The summed E-state index contributed by atoms with van der Waals surface area (Å²) in [5.41, 5.74) is 0.0589. The fraction of sp³-hybridized carbons (Fsp3) is 0.300. The van der Waals surface area contributed by atoms with E-state index in [-0.39, 0.29) is 28.6 Å². The van der Waals surface area contributed by atoms with Gasteiger partial charge in [-0.2, -0.15) is 0 Å².